The van der Waals surface area contributed by atoms with Gasteiger partial charge in [-0.15, -0.1) is 0 Å². The van der Waals surface area contributed by atoms with Gasteiger partial charge in [0.05, 0.1) is 14.2 Å². The number of hydrogen-bond donors (Lipinski definition) is 1. The van der Waals surface area contributed by atoms with E-state index in [0.29, 0.717) is 21.3 Å². The predicted molar refractivity (Wildman–Crippen MR) is 82.2 cm³/mol. The molecule has 0 fully saturated rings. The SMILES string of the molecule is COC(=O)C(O)(c1ccc(OC)cc1)c1ccccc1Br. The van der Waals surface area contributed by atoms with E-state index in [2.05, 4.69) is 15.9 Å². The van der Waals surface area contributed by atoms with E-state index in [1.54, 1.807) is 55.6 Å². The largest absolute Gasteiger partial charge is 0.497 e. The molecule has 1 atom stereocenters. The van der Waals surface area contributed by atoms with Crippen molar-refractivity contribution in [3.8, 4) is 5.75 Å². The first kappa shape index (κ1) is 15.5. The second-order valence-corrected chi connectivity index (χ2v) is 5.26. The fraction of sp³-hybridized carbons (Fsp3) is 0.188. The van der Waals surface area contributed by atoms with Crippen molar-refractivity contribution in [3.05, 3.63) is 64.1 Å². The van der Waals surface area contributed by atoms with Crippen LogP contribution in [-0.4, -0.2) is 25.3 Å². The molecule has 0 aliphatic carbocycles. The number of ether oxygens (including phenoxy) is 2. The zero-order valence-corrected chi connectivity index (χ0v) is 13.3. The highest BCUT2D eigenvalue weighted by Gasteiger charge is 2.42. The summed E-state index contributed by atoms with van der Waals surface area (Å²) in [7, 11) is 2.79. The molecule has 4 nitrogen and oxygen atoms in total. The van der Waals surface area contributed by atoms with Crippen LogP contribution in [0.25, 0.3) is 0 Å². The number of hydrogen-bond acceptors (Lipinski definition) is 4. The molecule has 0 saturated heterocycles. The van der Waals surface area contributed by atoms with Gasteiger partial charge >= 0.3 is 5.97 Å². The van der Waals surface area contributed by atoms with Crippen LogP contribution in [0.15, 0.2) is 53.0 Å². The smallest absolute Gasteiger partial charge is 0.347 e. The number of carbonyl (C=O) groups excluding carboxylic acids is 1. The average molecular weight is 351 g/mol. The molecule has 0 aromatic heterocycles. The minimum Gasteiger partial charge on any atom is -0.497 e. The summed E-state index contributed by atoms with van der Waals surface area (Å²) in [5.74, 6) is -0.113. The van der Waals surface area contributed by atoms with Crippen molar-refractivity contribution in [2.24, 2.45) is 0 Å². The predicted octanol–water partition coefficient (Wildman–Crippen LogP) is 2.87. The van der Waals surface area contributed by atoms with Crippen LogP contribution in [0, 0.1) is 0 Å². The first-order valence-electron chi connectivity index (χ1n) is 6.24. The highest BCUT2D eigenvalue weighted by atomic mass is 79.9. The van der Waals surface area contributed by atoms with Gasteiger partial charge < -0.3 is 14.6 Å². The minimum atomic E-state index is -1.89. The van der Waals surface area contributed by atoms with E-state index in [0.717, 1.165) is 0 Å². The van der Waals surface area contributed by atoms with E-state index in [4.69, 9.17) is 9.47 Å². The Hall–Kier alpha value is -1.85. The number of carbonyl (C=O) groups is 1. The standard InChI is InChI=1S/C16H15BrO4/c1-20-12-9-7-11(8-10-12)16(19,15(18)21-2)13-5-3-4-6-14(13)17/h3-10,19H,1-2H3. The topological polar surface area (TPSA) is 55.8 Å². The Kier molecular flexibility index (Phi) is 4.65. The van der Waals surface area contributed by atoms with Crippen LogP contribution in [0.1, 0.15) is 11.1 Å². The van der Waals surface area contributed by atoms with Gasteiger partial charge in [0.1, 0.15) is 5.75 Å². The summed E-state index contributed by atoms with van der Waals surface area (Å²) < 4.78 is 10.5. The molecule has 0 heterocycles. The highest BCUT2D eigenvalue weighted by Crippen LogP contribution is 2.36. The van der Waals surface area contributed by atoms with Crippen LogP contribution in [0.3, 0.4) is 0 Å². The second-order valence-electron chi connectivity index (χ2n) is 4.41. The van der Waals surface area contributed by atoms with Gasteiger partial charge in [-0.25, -0.2) is 4.79 Å². The maximum Gasteiger partial charge on any atom is 0.347 e. The fourth-order valence-electron chi connectivity index (χ4n) is 2.12. The van der Waals surface area contributed by atoms with Crippen molar-refractivity contribution in [2.75, 3.05) is 14.2 Å². The van der Waals surface area contributed by atoms with Gasteiger partial charge in [-0.1, -0.05) is 46.3 Å². The second kappa shape index (κ2) is 6.28. The summed E-state index contributed by atoms with van der Waals surface area (Å²) in [5.41, 5.74) is -1.06. The van der Waals surface area contributed by atoms with E-state index in [1.165, 1.54) is 7.11 Å². The molecule has 0 spiro atoms. The minimum absolute atomic E-state index is 0.405. The highest BCUT2D eigenvalue weighted by molar-refractivity contribution is 9.10. The molecule has 1 unspecified atom stereocenters. The molecule has 2 aromatic carbocycles. The third-order valence-electron chi connectivity index (χ3n) is 3.25. The molecular weight excluding hydrogens is 336 g/mol. The number of halogens is 1. The summed E-state index contributed by atoms with van der Waals surface area (Å²) >= 11 is 3.36. The maximum atomic E-state index is 12.2. The molecule has 21 heavy (non-hydrogen) atoms. The maximum absolute atomic E-state index is 12.2. The zero-order valence-electron chi connectivity index (χ0n) is 11.7. The monoisotopic (exact) mass is 350 g/mol. The van der Waals surface area contributed by atoms with Gasteiger partial charge in [0, 0.05) is 10.0 Å². The van der Waals surface area contributed by atoms with E-state index in [9.17, 15) is 9.90 Å². The first-order valence-corrected chi connectivity index (χ1v) is 7.03. The lowest BCUT2D eigenvalue weighted by molar-refractivity contribution is -0.159. The molecule has 0 radical (unpaired) electrons. The van der Waals surface area contributed by atoms with Crippen molar-refractivity contribution >= 4 is 21.9 Å². The molecule has 1 N–H and O–H groups in total. The molecule has 110 valence electrons. The lowest BCUT2D eigenvalue weighted by atomic mass is 9.86. The van der Waals surface area contributed by atoms with Gasteiger partial charge in [0.25, 0.3) is 0 Å². The molecule has 0 amide bonds. The lowest BCUT2D eigenvalue weighted by Crippen LogP contribution is -2.38. The fourth-order valence-corrected chi connectivity index (χ4v) is 2.69. The quantitative estimate of drug-likeness (QED) is 0.861. The van der Waals surface area contributed by atoms with Crippen molar-refractivity contribution < 1.29 is 19.4 Å². The van der Waals surface area contributed by atoms with Gasteiger partial charge in [0.2, 0.25) is 5.60 Å². The Morgan fingerprint density at radius 2 is 1.71 bits per heavy atom. The number of esters is 1. The Bertz CT molecular complexity index is 639. The van der Waals surface area contributed by atoms with Crippen LogP contribution in [0.5, 0.6) is 5.75 Å². The van der Waals surface area contributed by atoms with Gasteiger partial charge in [0.15, 0.2) is 0 Å². The molecule has 0 aliphatic rings. The van der Waals surface area contributed by atoms with E-state index >= 15 is 0 Å². The molecule has 0 aliphatic heterocycles. The van der Waals surface area contributed by atoms with Crippen molar-refractivity contribution in [3.63, 3.8) is 0 Å². The summed E-state index contributed by atoms with van der Waals surface area (Å²) in [4.78, 5) is 12.2. The summed E-state index contributed by atoms with van der Waals surface area (Å²) in [6.45, 7) is 0. The summed E-state index contributed by atoms with van der Waals surface area (Å²) in [5, 5.41) is 11.0. The van der Waals surface area contributed by atoms with E-state index in [1.807, 2.05) is 0 Å². The first-order chi connectivity index (χ1) is 10.0. The van der Waals surface area contributed by atoms with Crippen molar-refractivity contribution in [1.82, 2.24) is 0 Å². The van der Waals surface area contributed by atoms with E-state index < -0.39 is 11.6 Å². The summed E-state index contributed by atoms with van der Waals surface area (Å²) in [6, 6.07) is 13.6. The molecule has 0 bridgehead atoms. The third kappa shape index (κ3) is 2.80. The Morgan fingerprint density at radius 3 is 2.24 bits per heavy atom. The number of methoxy groups -OCH3 is 2. The Labute approximate surface area is 131 Å². The average Bonchev–Trinajstić information content (AvgIpc) is 2.54. The van der Waals surface area contributed by atoms with E-state index in [-0.39, 0.29) is 0 Å². The number of rotatable bonds is 4. The van der Waals surface area contributed by atoms with Crippen LogP contribution in [-0.2, 0) is 15.1 Å². The Balaban J connectivity index is 2.61. The molecule has 5 heteroatoms. The van der Waals surface area contributed by atoms with Gasteiger partial charge in [-0.05, 0) is 23.8 Å². The van der Waals surface area contributed by atoms with Gasteiger partial charge in [-0.2, -0.15) is 0 Å². The van der Waals surface area contributed by atoms with Crippen LogP contribution in [0.4, 0.5) is 0 Å². The summed E-state index contributed by atoms with van der Waals surface area (Å²) in [6.07, 6.45) is 0. The molecular formula is C16H15BrO4. The van der Waals surface area contributed by atoms with Crippen LogP contribution < -0.4 is 4.74 Å². The van der Waals surface area contributed by atoms with Crippen LogP contribution in [0.2, 0.25) is 0 Å². The number of benzene rings is 2. The molecule has 2 aromatic rings. The van der Waals surface area contributed by atoms with Crippen molar-refractivity contribution in [1.29, 1.82) is 0 Å². The van der Waals surface area contributed by atoms with Crippen LogP contribution >= 0.6 is 15.9 Å². The Morgan fingerprint density at radius 1 is 1.10 bits per heavy atom. The molecule has 2 rings (SSSR count). The lowest BCUT2D eigenvalue weighted by Gasteiger charge is -2.27. The van der Waals surface area contributed by atoms with Crippen molar-refractivity contribution in [2.45, 2.75) is 5.60 Å². The molecule has 0 saturated carbocycles. The third-order valence-corrected chi connectivity index (χ3v) is 3.94. The normalized spacial score (nSPS) is 13.3. The van der Waals surface area contributed by atoms with Gasteiger partial charge in [-0.3, -0.25) is 0 Å². The number of aliphatic hydroxyl groups is 1. The zero-order chi connectivity index (χ0) is 15.5.